The topological polar surface area (TPSA) is 32.3 Å². The summed E-state index contributed by atoms with van der Waals surface area (Å²) in [6.45, 7) is 3.73. The molecule has 23 heavy (non-hydrogen) atoms. The SMILES string of the molecule is CCCCC(O)/C=C(\CNCc1ccccc1)c1ccccc1. The zero-order valence-electron chi connectivity index (χ0n) is 13.9. The molecule has 0 aliphatic heterocycles. The molecule has 0 fully saturated rings. The number of rotatable bonds is 9. The van der Waals surface area contributed by atoms with Gasteiger partial charge >= 0.3 is 0 Å². The van der Waals surface area contributed by atoms with Crippen LogP contribution in [0.15, 0.2) is 66.7 Å². The van der Waals surface area contributed by atoms with Gasteiger partial charge < -0.3 is 10.4 Å². The maximum Gasteiger partial charge on any atom is 0.0727 e. The second-order valence-electron chi connectivity index (χ2n) is 5.86. The van der Waals surface area contributed by atoms with Crippen LogP contribution in [0, 0.1) is 0 Å². The minimum atomic E-state index is -0.372. The zero-order valence-corrected chi connectivity index (χ0v) is 13.9. The first-order chi connectivity index (χ1) is 11.3. The van der Waals surface area contributed by atoms with Crippen molar-refractivity contribution in [1.29, 1.82) is 0 Å². The molecule has 2 rings (SSSR count). The molecule has 1 unspecified atom stereocenters. The van der Waals surface area contributed by atoms with Crippen molar-refractivity contribution in [3.05, 3.63) is 77.9 Å². The molecule has 2 N–H and O–H groups in total. The Balaban J connectivity index is 2.00. The highest BCUT2D eigenvalue weighted by molar-refractivity contribution is 5.67. The summed E-state index contributed by atoms with van der Waals surface area (Å²) in [7, 11) is 0. The Bertz CT molecular complexity index is 577. The average molecular weight is 309 g/mol. The van der Waals surface area contributed by atoms with E-state index >= 15 is 0 Å². The molecule has 2 heteroatoms. The molecule has 0 aliphatic rings. The van der Waals surface area contributed by atoms with Gasteiger partial charge in [0.05, 0.1) is 6.10 Å². The number of aliphatic hydroxyl groups excluding tert-OH is 1. The molecule has 2 aromatic carbocycles. The lowest BCUT2D eigenvalue weighted by molar-refractivity contribution is 0.209. The molecule has 0 spiro atoms. The number of unbranched alkanes of at least 4 members (excludes halogenated alkanes) is 1. The van der Waals surface area contributed by atoms with Gasteiger partial charge in [-0.1, -0.05) is 86.5 Å². The molecule has 2 nitrogen and oxygen atoms in total. The number of hydrogen-bond donors (Lipinski definition) is 2. The van der Waals surface area contributed by atoms with Gasteiger partial charge in [-0.05, 0) is 23.1 Å². The Labute approximate surface area is 139 Å². The van der Waals surface area contributed by atoms with Crippen LogP contribution in [0.2, 0.25) is 0 Å². The molecule has 2 aromatic rings. The first kappa shape index (κ1) is 17.5. The fourth-order valence-corrected chi connectivity index (χ4v) is 2.58. The van der Waals surface area contributed by atoms with Crippen molar-refractivity contribution >= 4 is 5.57 Å². The van der Waals surface area contributed by atoms with Crippen LogP contribution in [-0.4, -0.2) is 17.8 Å². The normalized spacial score (nSPS) is 13.0. The molecule has 0 aliphatic carbocycles. The Morgan fingerprint density at radius 2 is 1.70 bits per heavy atom. The summed E-state index contributed by atoms with van der Waals surface area (Å²) in [5.41, 5.74) is 3.60. The molecule has 0 radical (unpaired) electrons. The van der Waals surface area contributed by atoms with E-state index < -0.39 is 0 Å². The molecule has 0 heterocycles. The third-order valence-electron chi connectivity index (χ3n) is 3.88. The second kappa shape index (κ2) is 9.98. The van der Waals surface area contributed by atoms with E-state index in [1.807, 2.05) is 30.3 Å². The highest BCUT2D eigenvalue weighted by atomic mass is 16.3. The Morgan fingerprint density at radius 3 is 2.35 bits per heavy atom. The van der Waals surface area contributed by atoms with E-state index in [9.17, 15) is 5.11 Å². The Morgan fingerprint density at radius 1 is 1.04 bits per heavy atom. The van der Waals surface area contributed by atoms with E-state index in [1.54, 1.807) is 0 Å². The maximum absolute atomic E-state index is 10.2. The molecule has 0 aromatic heterocycles. The van der Waals surface area contributed by atoms with Gasteiger partial charge in [-0.15, -0.1) is 0 Å². The lowest BCUT2D eigenvalue weighted by Gasteiger charge is -2.13. The van der Waals surface area contributed by atoms with E-state index in [0.29, 0.717) is 0 Å². The highest BCUT2D eigenvalue weighted by Gasteiger charge is 2.06. The van der Waals surface area contributed by atoms with Gasteiger partial charge in [0.1, 0.15) is 0 Å². The molecule has 0 saturated carbocycles. The van der Waals surface area contributed by atoms with Gasteiger partial charge in [0, 0.05) is 13.1 Å². The molecular formula is C21H27NO. The van der Waals surface area contributed by atoms with Crippen LogP contribution in [0.1, 0.15) is 37.3 Å². The summed E-state index contributed by atoms with van der Waals surface area (Å²) in [6, 6.07) is 20.7. The van der Waals surface area contributed by atoms with Gasteiger partial charge in [0.15, 0.2) is 0 Å². The van der Waals surface area contributed by atoms with Crippen molar-refractivity contribution in [3.63, 3.8) is 0 Å². The minimum Gasteiger partial charge on any atom is -0.389 e. The van der Waals surface area contributed by atoms with Gasteiger partial charge in [-0.25, -0.2) is 0 Å². The summed E-state index contributed by atoms with van der Waals surface area (Å²) in [4.78, 5) is 0. The predicted octanol–water partition coefficient (Wildman–Crippen LogP) is 4.41. The largest absolute Gasteiger partial charge is 0.389 e. The number of nitrogens with one attached hydrogen (secondary N) is 1. The molecule has 1 atom stereocenters. The lowest BCUT2D eigenvalue weighted by Crippen LogP contribution is -2.17. The third-order valence-corrected chi connectivity index (χ3v) is 3.88. The number of aliphatic hydroxyl groups is 1. The highest BCUT2D eigenvalue weighted by Crippen LogP contribution is 2.16. The van der Waals surface area contributed by atoms with Gasteiger partial charge in [-0.2, -0.15) is 0 Å². The van der Waals surface area contributed by atoms with Crippen molar-refractivity contribution in [2.45, 2.75) is 38.8 Å². The number of hydrogen-bond acceptors (Lipinski definition) is 2. The van der Waals surface area contributed by atoms with Crippen LogP contribution in [0.3, 0.4) is 0 Å². The van der Waals surface area contributed by atoms with Crippen LogP contribution < -0.4 is 5.32 Å². The van der Waals surface area contributed by atoms with Gasteiger partial charge in [-0.3, -0.25) is 0 Å². The summed E-state index contributed by atoms with van der Waals surface area (Å²) in [5, 5.41) is 13.7. The van der Waals surface area contributed by atoms with Crippen LogP contribution in [-0.2, 0) is 6.54 Å². The molecular weight excluding hydrogens is 282 g/mol. The summed E-state index contributed by atoms with van der Waals surface area (Å²) in [6.07, 6.45) is 4.62. The first-order valence-electron chi connectivity index (χ1n) is 8.48. The maximum atomic E-state index is 10.2. The van der Waals surface area contributed by atoms with E-state index in [0.717, 1.165) is 37.9 Å². The van der Waals surface area contributed by atoms with Crippen molar-refractivity contribution in [3.8, 4) is 0 Å². The third kappa shape index (κ3) is 6.39. The van der Waals surface area contributed by atoms with Gasteiger partial charge in [0.25, 0.3) is 0 Å². The summed E-state index contributed by atoms with van der Waals surface area (Å²) >= 11 is 0. The average Bonchev–Trinajstić information content (AvgIpc) is 2.61. The van der Waals surface area contributed by atoms with E-state index in [-0.39, 0.29) is 6.10 Å². The standard InChI is InChI=1S/C21H27NO/c1-2-3-14-21(23)15-20(19-12-8-5-9-13-19)17-22-16-18-10-6-4-7-11-18/h4-13,15,21-23H,2-3,14,16-17H2,1H3/b20-15+. The predicted molar refractivity (Wildman–Crippen MR) is 98.1 cm³/mol. The van der Waals surface area contributed by atoms with Crippen molar-refractivity contribution in [2.24, 2.45) is 0 Å². The fraction of sp³-hybridized carbons (Fsp3) is 0.333. The smallest absolute Gasteiger partial charge is 0.0727 e. The molecule has 0 amide bonds. The quantitative estimate of drug-likeness (QED) is 0.719. The minimum absolute atomic E-state index is 0.372. The number of benzene rings is 2. The Kier molecular flexibility index (Phi) is 7.58. The van der Waals surface area contributed by atoms with Crippen LogP contribution in [0.25, 0.3) is 5.57 Å². The fourth-order valence-electron chi connectivity index (χ4n) is 2.58. The van der Waals surface area contributed by atoms with E-state index in [4.69, 9.17) is 0 Å². The monoisotopic (exact) mass is 309 g/mol. The van der Waals surface area contributed by atoms with Crippen LogP contribution in [0.5, 0.6) is 0 Å². The van der Waals surface area contributed by atoms with Crippen LogP contribution >= 0.6 is 0 Å². The second-order valence-corrected chi connectivity index (χ2v) is 5.86. The summed E-state index contributed by atoms with van der Waals surface area (Å²) in [5.74, 6) is 0. The van der Waals surface area contributed by atoms with Crippen molar-refractivity contribution in [2.75, 3.05) is 6.54 Å². The first-order valence-corrected chi connectivity index (χ1v) is 8.48. The Hall–Kier alpha value is -1.90. The van der Waals surface area contributed by atoms with Gasteiger partial charge in [0.2, 0.25) is 0 Å². The molecule has 0 bridgehead atoms. The zero-order chi connectivity index (χ0) is 16.3. The van der Waals surface area contributed by atoms with E-state index in [1.165, 1.54) is 11.1 Å². The molecule has 0 saturated heterocycles. The van der Waals surface area contributed by atoms with Crippen molar-refractivity contribution < 1.29 is 5.11 Å². The molecule has 122 valence electrons. The van der Waals surface area contributed by atoms with Crippen LogP contribution in [0.4, 0.5) is 0 Å². The lowest BCUT2D eigenvalue weighted by atomic mass is 10.0. The van der Waals surface area contributed by atoms with Crippen molar-refractivity contribution in [1.82, 2.24) is 5.32 Å². The van der Waals surface area contributed by atoms with E-state index in [2.05, 4.69) is 48.6 Å². The summed E-state index contributed by atoms with van der Waals surface area (Å²) < 4.78 is 0.